The van der Waals surface area contributed by atoms with Gasteiger partial charge in [0.1, 0.15) is 0 Å². The Balaban J connectivity index is 1.76. The van der Waals surface area contributed by atoms with Crippen LogP contribution in [0.15, 0.2) is 24.3 Å². The monoisotopic (exact) mass is 339 g/mol. The van der Waals surface area contributed by atoms with E-state index in [1.165, 1.54) is 5.56 Å². The first-order valence-electron chi connectivity index (χ1n) is 8.23. The van der Waals surface area contributed by atoms with Crippen LogP contribution in [0, 0.1) is 11.3 Å². The maximum Gasteiger partial charge on any atom is 0.220 e. The molecular weight excluding hydrogens is 314 g/mol. The Bertz CT molecular complexity index is 497. The van der Waals surface area contributed by atoms with Crippen LogP contribution in [-0.2, 0) is 16.0 Å². The molecule has 1 fully saturated rings. The van der Waals surface area contributed by atoms with Crippen molar-refractivity contribution in [1.82, 2.24) is 5.32 Å². The third-order valence-electron chi connectivity index (χ3n) is 4.52. The smallest absolute Gasteiger partial charge is 0.220 e. The highest BCUT2D eigenvalue weighted by molar-refractivity contribution is 6.30. The molecule has 1 saturated heterocycles. The summed E-state index contributed by atoms with van der Waals surface area (Å²) < 4.78 is 5.44. The van der Waals surface area contributed by atoms with E-state index < -0.39 is 0 Å². The van der Waals surface area contributed by atoms with Crippen molar-refractivity contribution in [3.05, 3.63) is 34.9 Å². The van der Waals surface area contributed by atoms with Gasteiger partial charge in [-0.05, 0) is 42.9 Å². The minimum absolute atomic E-state index is 0.0654. The number of aliphatic hydroxyl groups is 1. The Morgan fingerprint density at radius 2 is 2.17 bits per heavy atom. The lowest BCUT2D eigenvalue weighted by Gasteiger charge is -2.27. The lowest BCUT2D eigenvalue weighted by Crippen LogP contribution is -2.39. The Hall–Kier alpha value is -1.10. The molecule has 4 nitrogen and oxygen atoms in total. The van der Waals surface area contributed by atoms with Crippen LogP contribution >= 0.6 is 11.6 Å². The number of hydrogen-bond acceptors (Lipinski definition) is 3. The number of carbonyl (C=O) groups excluding carboxylic acids is 1. The van der Waals surface area contributed by atoms with Crippen LogP contribution in [0.25, 0.3) is 0 Å². The number of nitrogens with one attached hydrogen (secondary N) is 1. The molecule has 1 aromatic carbocycles. The van der Waals surface area contributed by atoms with E-state index in [2.05, 4.69) is 12.2 Å². The van der Waals surface area contributed by atoms with Crippen LogP contribution < -0.4 is 5.32 Å². The third-order valence-corrected chi connectivity index (χ3v) is 4.77. The van der Waals surface area contributed by atoms with Crippen LogP contribution in [-0.4, -0.2) is 37.4 Å². The van der Waals surface area contributed by atoms with Gasteiger partial charge in [0, 0.05) is 36.6 Å². The van der Waals surface area contributed by atoms with Gasteiger partial charge in [0.2, 0.25) is 5.91 Å². The van der Waals surface area contributed by atoms with Gasteiger partial charge in [0.15, 0.2) is 0 Å². The highest BCUT2D eigenvalue weighted by atomic mass is 35.5. The molecule has 0 aromatic heterocycles. The first-order valence-corrected chi connectivity index (χ1v) is 8.60. The summed E-state index contributed by atoms with van der Waals surface area (Å²) in [6.07, 6.45) is 2.93. The average molecular weight is 340 g/mol. The number of aliphatic hydroxyl groups excluding tert-OH is 1. The van der Waals surface area contributed by atoms with Gasteiger partial charge in [-0.2, -0.15) is 0 Å². The number of amides is 1. The van der Waals surface area contributed by atoms with E-state index in [4.69, 9.17) is 16.3 Å². The zero-order chi connectivity index (χ0) is 16.7. The van der Waals surface area contributed by atoms with Crippen molar-refractivity contribution in [3.8, 4) is 0 Å². The fourth-order valence-electron chi connectivity index (χ4n) is 3.08. The molecule has 1 amide bonds. The lowest BCUT2D eigenvalue weighted by molar-refractivity contribution is -0.122. The van der Waals surface area contributed by atoms with Crippen LogP contribution in [0.2, 0.25) is 5.02 Å². The van der Waals surface area contributed by atoms with Crippen LogP contribution in [0.3, 0.4) is 0 Å². The number of hydrogen-bond donors (Lipinski definition) is 2. The van der Waals surface area contributed by atoms with Gasteiger partial charge in [-0.1, -0.05) is 30.7 Å². The molecule has 0 saturated carbocycles. The van der Waals surface area contributed by atoms with E-state index in [1.807, 2.05) is 24.3 Å². The van der Waals surface area contributed by atoms with E-state index in [9.17, 15) is 9.90 Å². The number of carbonyl (C=O) groups is 1. The molecule has 0 radical (unpaired) electrons. The molecule has 2 atom stereocenters. The van der Waals surface area contributed by atoms with E-state index in [0.717, 1.165) is 17.9 Å². The molecule has 2 unspecified atom stereocenters. The first kappa shape index (κ1) is 18.2. The molecule has 1 aliphatic rings. The van der Waals surface area contributed by atoms with Crippen molar-refractivity contribution in [3.63, 3.8) is 0 Å². The zero-order valence-corrected chi connectivity index (χ0v) is 14.4. The Kier molecular flexibility index (Phi) is 6.88. The molecule has 1 heterocycles. The van der Waals surface area contributed by atoms with Gasteiger partial charge in [0.25, 0.3) is 0 Å². The molecular formula is C18H26ClNO3. The summed E-state index contributed by atoms with van der Waals surface area (Å²) in [6.45, 7) is 4.12. The van der Waals surface area contributed by atoms with Crippen LogP contribution in [0.1, 0.15) is 31.7 Å². The standard InChI is InChI=1S/C18H26ClNO3/c1-14(10-15-2-4-16(19)5-3-15)11-17(22)20-12-18(6-8-21)7-9-23-13-18/h2-5,14,21H,6-13H2,1H3,(H,20,22). The predicted octanol–water partition coefficient (Wildman–Crippen LogP) is 2.81. The molecule has 5 heteroatoms. The molecule has 0 aliphatic carbocycles. The maximum absolute atomic E-state index is 12.2. The molecule has 128 valence electrons. The van der Waals surface area contributed by atoms with E-state index in [-0.39, 0.29) is 23.8 Å². The fraction of sp³-hybridized carbons (Fsp3) is 0.611. The largest absolute Gasteiger partial charge is 0.396 e. The second-order valence-electron chi connectivity index (χ2n) is 6.69. The highest BCUT2D eigenvalue weighted by Gasteiger charge is 2.34. The van der Waals surface area contributed by atoms with E-state index in [0.29, 0.717) is 32.6 Å². The van der Waals surface area contributed by atoms with Crippen LogP contribution in [0.4, 0.5) is 0 Å². The molecule has 0 spiro atoms. The number of ether oxygens (including phenoxy) is 1. The summed E-state index contributed by atoms with van der Waals surface area (Å²) >= 11 is 5.88. The number of halogens is 1. The Labute approximate surface area is 143 Å². The van der Waals surface area contributed by atoms with Crippen molar-refractivity contribution >= 4 is 17.5 Å². The summed E-state index contributed by atoms with van der Waals surface area (Å²) in [6, 6.07) is 7.76. The summed E-state index contributed by atoms with van der Waals surface area (Å²) in [7, 11) is 0. The molecule has 1 aromatic rings. The van der Waals surface area contributed by atoms with Gasteiger partial charge in [-0.15, -0.1) is 0 Å². The Morgan fingerprint density at radius 3 is 2.78 bits per heavy atom. The predicted molar refractivity (Wildman–Crippen MR) is 91.5 cm³/mol. The summed E-state index contributed by atoms with van der Waals surface area (Å²) in [5, 5.41) is 13.0. The number of rotatable bonds is 8. The highest BCUT2D eigenvalue weighted by Crippen LogP contribution is 2.31. The maximum atomic E-state index is 12.2. The normalized spacial score (nSPS) is 22.0. The first-order chi connectivity index (χ1) is 11.0. The van der Waals surface area contributed by atoms with E-state index in [1.54, 1.807) is 0 Å². The topological polar surface area (TPSA) is 58.6 Å². The van der Waals surface area contributed by atoms with Crippen molar-refractivity contribution in [2.45, 2.75) is 32.6 Å². The molecule has 1 aliphatic heterocycles. The lowest BCUT2D eigenvalue weighted by atomic mass is 9.84. The molecule has 23 heavy (non-hydrogen) atoms. The van der Waals surface area contributed by atoms with Crippen molar-refractivity contribution < 1.29 is 14.6 Å². The van der Waals surface area contributed by atoms with E-state index >= 15 is 0 Å². The zero-order valence-electron chi connectivity index (χ0n) is 13.7. The molecule has 2 rings (SSSR count). The van der Waals surface area contributed by atoms with Crippen molar-refractivity contribution in [2.24, 2.45) is 11.3 Å². The average Bonchev–Trinajstić information content (AvgIpc) is 2.97. The fourth-order valence-corrected chi connectivity index (χ4v) is 3.21. The SMILES string of the molecule is CC(CC(=O)NCC1(CCO)CCOC1)Cc1ccc(Cl)cc1. The quantitative estimate of drug-likeness (QED) is 0.765. The third kappa shape index (κ3) is 5.79. The summed E-state index contributed by atoms with van der Waals surface area (Å²) in [5.41, 5.74) is 1.10. The number of benzene rings is 1. The van der Waals surface area contributed by atoms with Gasteiger partial charge in [-0.3, -0.25) is 4.79 Å². The molecule has 2 N–H and O–H groups in total. The van der Waals surface area contributed by atoms with Gasteiger partial charge >= 0.3 is 0 Å². The Morgan fingerprint density at radius 1 is 1.43 bits per heavy atom. The van der Waals surface area contributed by atoms with Gasteiger partial charge < -0.3 is 15.2 Å². The van der Waals surface area contributed by atoms with Crippen molar-refractivity contribution in [1.29, 1.82) is 0 Å². The van der Waals surface area contributed by atoms with Crippen molar-refractivity contribution in [2.75, 3.05) is 26.4 Å². The van der Waals surface area contributed by atoms with Crippen LogP contribution in [0.5, 0.6) is 0 Å². The summed E-state index contributed by atoms with van der Waals surface area (Å²) in [5.74, 6) is 0.334. The summed E-state index contributed by atoms with van der Waals surface area (Å²) in [4.78, 5) is 12.2. The minimum atomic E-state index is -0.0934. The second kappa shape index (κ2) is 8.67. The minimum Gasteiger partial charge on any atom is -0.396 e. The van der Waals surface area contributed by atoms with Gasteiger partial charge in [-0.25, -0.2) is 0 Å². The molecule has 0 bridgehead atoms. The van der Waals surface area contributed by atoms with Gasteiger partial charge in [0.05, 0.1) is 6.61 Å². The second-order valence-corrected chi connectivity index (χ2v) is 7.13.